The van der Waals surface area contributed by atoms with Crippen molar-refractivity contribution < 1.29 is 14.3 Å². The summed E-state index contributed by atoms with van der Waals surface area (Å²) in [5, 5.41) is 3.27. The summed E-state index contributed by atoms with van der Waals surface area (Å²) in [6, 6.07) is 7.45. The average Bonchev–Trinajstić information content (AvgIpc) is 2.88. The third kappa shape index (κ3) is 14.0. The number of hydrogen-bond donors (Lipinski definition) is 1. The van der Waals surface area contributed by atoms with Gasteiger partial charge in [0.2, 0.25) is 0 Å². The Hall–Kier alpha value is -2.23. The second kappa shape index (κ2) is 19.0. The predicted octanol–water partition coefficient (Wildman–Crippen LogP) is 9.33. The molecule has 0 radical (unpaired) electrons. The van der Waals surface area contributed by atoms with Crippen molar-refractivity contribution >= 4 is 11.7 Å². The normalized spacial score (nSPS) is 14.5. The van der Waals surface area contributed by atoms with Crippen LogP contribution in [0.2, 0.25) is 0 Å². The quantitative estimate of drug-likeness (QED) is 0.157. The maximum absolute atomic E-state index is 12.3. The lowest BCUT2D eigenvalue weighted by molar-refractivity contribution is 0.0497. The predicted molar refractivity (Wildman–Crippen MR) is 148 cm³/mol. The fourth-order valence-corrected chi connectivity index (χ4v) is 4.31. The van der Waals surface area contributed by atoms with Crippen LogP contribution in [-0.2, 0) is 9.47 Å². The molecule has 0 saturated carbocycles. The molecule has 1 aliphatic rings. The Morgan fingerprint density at radius 2 is 1.40 bits per heavy atom. The second-order valence-corrected chi connectivity index (χ2v) is 9.92. The molecule has 1 N–H and O–H groups in total. The van der Waals surface area contributed by atoms with Crippen molar-refractivity contribution in [2.45, 2.75) is 117 Å². The van der Waals surface area contributed by atoms with Crippen LogP contribution in [-0.4, -0.2) is 19.2 Å². The van der Waals surface area contributed by atoms with E-state index >= 15 is 0 Å². The number of anilines is 1. The fourth-order valence-electron chi connectivity index (χ4n) is 4.31. The maximum Gasteiger partial charge on any atom is 0.338 e. The molecule has 0 fully saturated rings. The van der Waals surface area contributed by atoms with E-state index in [2.05, 4.69) is 18.3 Å². The van der Waals surface area contributed by atoms with Gasteiger partial charge in [-0.3, -0.25) is 0 Å². The van der Waals surface area contributed by atoms with Gasteiger partial charge in [0.1, 0.15) is 6.61 Å². The molecule has 1 aromatic carbocycles. The van der Waals surface area contributed by atoms with E-state index in [0.29, 0.717) is 18.8 Å². The third-order valence-corrected chi connectivity index (χ3v) is 6.68. The van der Waals surface area contributed by atoms with Crippen molar-refractivity contribution in [1.82, 2.24) is 0 Å². The Morgan fingerprint density at radius 3 is 1.91 bits per heavy atom. The van der Waals surface area contributed by atoms with Crippen molar-refractivity contribution in [3.05, 3.63) is 53.4 Å². The highest BCUT2D eigenvalue weighted by Crippen LogP contribution is 2.17. The first-order chi connectivity index (χ1) is 17.2. The third-order valence-electron chi connectivity index (χ3n) is 6.68. The Kier molecular flexibility index (Phi) is 15.8. The van der Waals surface area contributed by atoms with E-state index in [4.69, 9.17) is 9.47 Å². The van der Waals surface area contributed by atoms with Crippen LogP contribution >= 0.6 is 0 Å². The smallest absolute Gasteiger partial charge is 0.338 e. The molecule has 1 aliphatic heterocycles. The summed E-state index contributed by atoms with van der Waals surface area (Å²) < 4.78 is 11.0. The van der Waals surface area contributed by atoms with E-state index in [9.17, 15) is 4.79 Å². The number of esters is 1. The molecular formula is C31H49NO3. The number of nitrogens with one attached hydrogen (secondary N) is 1. The summed E-state index contributed by atoms with van der Waals surface area (Å²) in [5.41, 5.74) is 2.74. The highest BCUT2D eigenvalue weighted by Gasteiger charge is 2.07. The number of carbonyl (C=O) groups excluding carboxylic acids is 1. The first-order valence-electron chi connectivity index (χ1n) is 14.2. The number of rotatable bonds is 19. The van der Waals surface area contributed by atoms with Gasteiger partial charge in [-0.1, -0.05) is 96.8 Å². The zero-order valence-corrected chi connectivity index (χ0v) is 22.4. The molecule has 2 rings (SSSR count). The molecule has 1 aromatic rings. The highest BCUT2D eigenvalue weighted by atomic mass is 16.5. The summed E-state index contributed by atoms with van der Waals surface area (Å²) in [6.45, 7) is 5.39. The number of carbonyl (C=O) groups is 1. The average molecular weight is 484 g/mol. The van der Waals surface area contributed by atoms with Gasteiger partial charge >= 0.3 is 5.97 Å². The fraction of sp³-hybridized carbons (Fsp3) is 0.645. The minimum absolute atomic E-state index is 0.235. The molecule has 0 bridgehead atoms. The molecule has 4 heteroatoms. The Morgan fingerprint density at radius 1 is 0.857 bits per heavy atom. The minimum atomic E-state index is -0.235. The lowest BCUT2D eigenvalue weighted by Gasteiger charge is -2.15. The number of ether oxygens (including phenoxy) is 2. The van der Waals surface area contributed by atoms with Crippen molar-refractivity contribution in [3.63, 3.8) is 0 Å². The van der Waals surface area contributed by atoms with Crippen LogP contribution in [0.3, 0.4) is 0 Å². The van der Waals surface area contributed by atoms with Crippen molar-refractivity contribution in [1.29, 1.82) is 0 Å². The maximum atomic E-state index is 12.3. The van der Waals surface area contributed by atoms with Crippen LogP contribution in [0, 0.1) is 0 Å². The van der Waals surface area contributed by atoms with Crippen molar-refractivity contribution in [2.24, 2.45) is 0 Å². The number of benzene rings is 1. The van der Waals surface area contributed by atoms with Gasteiger partial charge < -0.3 is 14.8 Å². The highest BCUT2D eigenvalue weighted by molar-refractivity contribution is 5.89. The van der Waals surface area contributed by atoms with Crippen LogP contribution in [0.5, 0.6) is 0 Å². The molecule has 4 nitrogen and oxygen atoms in total. The standard InChI is InChI=1S/C31H49NO3/c1-3-4-5-6-7-8-9-10-11-12-13-14-15-16-17-24-34-31(33)29-20-22-30(23-21-29)32-25-28-19-18-27(2)35-26-28/h18,20-23,25,32H,3-17,19,24,26H2,1-2H3. The van der Waals surface area contributed by atoms with Gasteiger partial charge in [0.25, 0.3) is 0 Å². The molecule has 1 heterocycles. The largest absolute Gasteiger partial charge is 0.494 e. The Balaban J connectivity index is 1.42. The summed E-state index contributed by atoms with van der Waals surface area (Å²) in [5.74, 6) is 0.746. The van der Waals surface area contributed by atoms with E-state index < -0.39 is 0 Å². The summed E-state index contributed by atoms with van der Waals surface area (Å²) in [7, 11) is 0. The minimum Gasteiger partial charge on any atom is -0.494 e. The first kappa shape index (κ1) is 29.0. The van der Waals surface area contributed by atoms with E-state index in [0.717, 1.165) is 30.7 Å². The lowest BCUT2D eigenvalue weighted by Crippen LogP contribution is -2.07. The van der Waals surface area contributed by atoms with Crippen LogP contribution < -0.4 is 5.32 Å². The molecule has 35 heavy (non-hydrogen) atoms. The molecular weight excluding hydrogens is 434 g/mol. The van der Waals surface area contributed by atoms with Crippen LogP contribution in [0.1, 0.15) is 127 Å². The summed E-state index contributed by atoms with van der Waals surface area (Å²) in [6.07, 6.45) is 25.0. The van der Waals surface area contributed by atoms with E-state index in [1.165, 1.54) is 89.0 Å². The first-order valence-corrected chi connectivity index (χ1v) is 14.2. The van der Waals surface area contributed by atoms with Crippen molar-refractivity contribution in [3.8, 4) is 0 Å². The molecule has 0 atom stereocenters. The van der Waals surface area contributed by atoms with Gasteiger partial charge in [0.15, 0.2) is 0 Å². The molecule has 0 aliphatic carbocycles. The molecule has 0 saturated heterocycles. The number of allylic oxidation sites excluding steroid dienone is 2. The summed E-state index contributed by atoms with van der Waals surface area (Å²) in [4.78, 5) is 12.3. The second-order valence-electron chi connectivity index (χ2n) is 9.92. The van der Waals surface area contributed by atoms with Crippen molar-refractivity contribution in [2.75, 3.05) is 18.5 Å². The van der Waals surface area contributed by atoms with E-state index in [1.54, 1.807) is 0 Å². The Bertz CT molecular complexity index is 751. The zero-order chi connectivity index (χ0) is 25.0. The molecule has 0 aromatic heterocycles. The van der Waals surface area contributed by atoms with Gasteiger partial charge in [-0.15, -0.1) is 0 Å². The molecule has 0 spiro atoms. The Labute approximate surface area is 214 Å². The van der Waals surface area contributed by atoms with Gasteiger partial charge in [-0.2, -0.15) is 0 Å². The van der Waals surface area contributed by atoms with Gasteiger partial charge in [-0.05, 0) is 55.7 Å². The monoisotopic (exact) mass is 483 g/mol. The SMILES string of the molecule is CCCCCCCCCCCCCCCCCOC(=O)c1ccc(NC=C2CC=C(C)OC2)cc1. The zero-order valence-electron chi connectivity index (χ0n) is 22.4. The number of unbranched alkanes of at least 4 members (excludes halogenated alkanes) is 14. The molecule has 196 valence electrons. The van der Waals surface area contributed by atoms with Gasteiger partial charge in [0.05, 0.1) is 17.9 Å². The lowest BCUT2D eigenvalue weighted by atomic mass is 10.0. The van der Waals surface area contributed by atoms with Crippen LogP contribution in [0.15, 0.2) is 47.9 Å². The molecule has 0 unspecified atom stereocenters. The van der Waals surface area contributed by atoms with Gasteiger partial charge in [-0.25, -0.2) is 4.79 Å². The van der Waals surface area contributed by atoms with E-state index in [1.807, 2.05) is 37.4 Å². The van der Waals surface area contributed by atoms with E-state index in [-0.39, 0.29) is 5.97 Å². The topological polar surface area (TPSA) is 47.6 Å². The van der Waals surface area contributed by atoms with Gasteiger partial charge in [0, 0.05) is 11.9 Å². The summed E-state index contributed by atoms with van der Waals surface area (Å²) >= 11 is 0. The number of hydrogen-bond acceptors (Lipinski definition) is 4. The van der Waals surface area contributed by atoms with Crippen LogP contribution in [0.25, 0.3) is 0 Å². The molecule has 0 amide bonds. The van der Waals surface area contributed by atoms with Crippen LogP contribution in [0.4, 0.5) is 5.69 Å².